The standard InChI is InChI=1S/C21H29N5O2/c1-14-11-20(28-3)15(2)10-16(14)12-25-8-6-18(7-9-25)26-13-19(23-24-26)21(27)22-17-4-5-17/h10-11,13,17-18H,4-9,12H2,1-3H3,(H,22,27). The molecule has 1 saturated carbocycles. The summed E-state index contributed by atoms with van der Waals surface area (Å²) < 4.78 is 7.30. The molecule has 2 aromatic rings. The summed E-state index contributed by atoms with van der Waals surface area (Å²) in [6.07, 6.45) is 5.98. The smallest absolute Gasteiger partial charge is 0.273 e. The second-order valence-electron chi connectivity index (χ2n) is 8.09. The van der Waals surface area contributed by atoms with E-state index >= 15 is 0 Å². The number of rotatable bonds is 6. The first-order valence-corrected chi connectivity index (χ1v) is 10.1. The van der Waals surface area contributed by atoms with Crippen molar-refractivity contribution in [3.63, 3.8) is 0 Å². The molecule has 2 heterocycles. The number of likely N-dealkylation sites (tertiary alicyclic amines) is 1. The molecule has 2 fully saturated rings. The van der Waals surface area contributed by atoms with Gasteiger partial charge in [-0.2, -0.15) is 0 Å². The van der Waals surface area contributed by atoms with Crippen molar-refractivity contribution < 1.29 is 9.53 Å². The molecule has 1 aliphatic carbocycles. The second-order valence-corrected chi connectivity index (χ2v) is 8.09. The van der Waals surface area contributed by atoms with Crippen molar-refractivity contribution in [1.82, 2.24) is 25.2 Å². The predicted octanol–water partition coefficient (Wildman–Crippen LogP) is 2.63. The lowest BCUT2D eigenvalue weighted by molar-refractivity contribution is 0.0946. The number of nitrogens with zero attached hydrogens (tertiary/aromatic N) is 4. The zero-order valence-corrected chi connectivity index (χ0v) is 16.9. The fourth-order valence-electron chi connectivity index (χ4n) is 3.87. The minimum absolute atomic E-state index is 0.100. The van der Waals surface area contributed by atoms with Crippen LogP contribution < -0.4 is 10.1 Å². The van der Waals surface area contributed by atoms with E-state index in [9.17, 15) is 4.79 Å². The number of ether oxygens (including phenoxy) is 1. The van der Waals surface area contributed by atoms with E-state index in [0.29, 0.717) is 17.8 Å². The number of benzene rings is 1. The topological polar surface area (TPSA) is 72.3 Å². The minimum atomic E-state index is -0.100. The molecule has 1 N–H and O–H groups in total. The third kappa shape index (κ3) is 4.19. The summed E-state index contributed by atoms with van der Waals surface area (Å²) in [4.78, 5) is 14.6. The third-order valence-corrected chi connectivity index (χ3v) is 5.83. The van der Waals surface area contributed by atoms with Crippen molar-refractivity contribution >= 4 is 5.91 Å². The number of hydrogen-bond donors (Lipinski definition) is 1. The first-order valence-electron chi connectivity index (χ1n) is 10.1. The number of carbonyl (C=O) groups excluding carboxylic acids is 1. The maximum Gasteiger partial charge on any atom is 0.273 e. The predicted molar refractivity (Wildman–Crippen MR) is 107 cm³/mol. The summed E-state index contributed by atoms with van der Waals surface area (Å²) in [7, 11) is 1.72. The van der Waals surface area contributed by atoms with Crippen LogP contribution in [0.4, 0.5) is 0 Å². The normalized spacial score (nSPS) is 18.2. The quantitative estimate of drug-likeness (QED) is 0.830. The summed E-state index contributed by atoms with van der Waals surface area (Å²) >= 11 is 0. The van der Waals surface area contributed by atoms with Gasteiger partial charge in [-0.1, -0.05) is 11.3 Å². The van der Waals surface area contributed by atoms with E-state index in [1.54, 1.807) is 13.3 Å². The average Bonchev–Trinajstić information content (AvgIpc) is 3.36. The van der Waals surface area contributed by atoms with Gasteiger partial charge in [0, 0.05) is 25.7 Å². The largest absolute Gasteiger partial charge is 0.496 e. The van der Waals surface area contributed by atoms with Crippen LogP contribution in [-0.2, 0) is 6.54 Å². The molecule has 0 spiro atoms. The number of hydrogen-bond acceptors (Lipinski definition) is 5. The first-order chi connectivity index (χ1) is 13.5. The Balaban J connectivity index is 1.33. The van der Waals surface area contributed by atoms with Gasteiger partial charge in [0.25, 0.3) is 5.91 Å². The lowest BCUT2D eigenvalue weighted by Gasteiger charge is -2.32. The molecular weight excluding hydrogens is 354 g/mol. The van der Waals surface area contributed by atoms with Gasteiger partial charge in [-0.3, -0.25) is 9.69 Å². The van der Waals surface area contributed by atoms with Crippen LogP contribution in [0.15, 0.2) is 18.3 Å². The van der Waals surface area contributed by atoms with Crippen LogP contribution >= 0.6 is 0 Å². The van der Waals surface area contributed by atoms with Gasteiger partial charge in [0.15, 0.2) is 5.69 Å². The van der Waals surface area contributed by atoms with E-state index in [4.69, 9.17) is 4.74 Å². The Hall–Kier alpha value is -2.41. The lowest BCUT2D eigenvalue weighted by Crippen LogP contribution is -2.34. The summed E-state index contributed by atoms with van der Waals surface area (Å²) in [5.41, 5.74) is 4.24. The maximum atomic E-state index is 12.1. The van der Waals surface area contributed by atoms with Gasteiger partial charge >= 0.3 is 0 Å². The Bertz CT molecular complexity index is 850. The second kappa shape index (κ2) is 7.91. The molecule has 1 aromatic heterocycles. The number of methoxy groups -OCH3 is 1. The van der Waals surface area contributed by atoms with E-state index in [1.807, 2.05) is 4.68 Å². The molecular formula is C21H29N5O2. The Morgan fingerprint density at radius 2 is 1.93 bits per heavy atom. The summed E-state index contributed by atoms with van der Waals surface area (Å²) in [5, 5.41) is 11.3. The van der Waals surface area contributed by atoms with Gasteiger partial charge in [0.2, 0.25) is 0 Å². The van der Waals surface area contributed by atoms with Crippen molar-refractivity contribution in [3.05, 3.63) is 40.7 Å². The van der Waals surface area contributed by atoms with Crippen LogP contribution in [0, 0.1) is 13.8 Å². The molecule has 4 rings (SSSR count). The highest BCUT2D eigenvalue weighted by atomic mass is 16.5. The highest BCUT2D eigenvalue weighted by molar-refractivity contribution is 5.92. The van der Waals surface area contributed by atoms with Gasteiger partial charge in [-0.05, 0) is 62.3 Å². The Morgan fingerprint density at radius 1 is 1.18 bits per heavy atom. The average molecular weight is 383 g/mol. The third-order valence-electron chi connectivity index (χ3n) is 5.83. The molecule has 7 heteroatoms. The molecule has 1 saturated heterocycles. The van der Waals surface area contributed by atoms with Crippen LogP contribution in [0.5, 0.6) is 5.75 Å². The summed E-state index contributed by atoms with van der Waals surface area (Å²) in [6.45, 7) is 7.22. The van der Waals surface area contributed by atoms with Gasteiger partial charge in [-0.25, -0.2) is 4.68 Å². The molecule has 1 aliphatic heterocycles. The number of piperidine rings is 1. The van der Waals surface area contributed by atoms with Crippen molar-refractivity contribution in [2.75, 3.05) is 20.2 Å². The van der Waals surface area contributed by atoms with Gasteiger partial charge in [0.05, 0.1) is 19.3 Å². The van der Waals surface area contributed by atoms with E-state index < -0.39 is 0 Å². The molecule has 0 radical (unpaired) electrons. The highest BCUT2D eigenvalue weighted by Gasteiger charge is 2.26. The summed E-state index contributed by atoms with van der Waals surface area (Å²) in [5.74, 6) is 0.851. The Kier molecular flexibility index (Phi) is 5.35. The first kappa shape index (κ1) is 18.9. The summed E-state index contributed by atoms with van der Waals surface area (Å²) in [6, 6.07) is 5.01. The minimum Gasteiger partial charge on any atom is -0.496 e. The van der Waals surface area contributed by atoms with Gasteiger partial charge in [-0.15, -0.1) is 5.10 Å². The molecule has 150 valence electrons. The fraction of sp³-hybridized carbons (Fsp3) is 0.571. The van der Waals surface area contributed by atoms with Crippen LogP contribution in [0.25, 0.3) is 0 Å². The van der Waals surface area contributed by atoms with E-state index in [0.717, 1.165) is 51.1 Å². The monoisotopic (exact) mass is 383 g/mol. The molecule has 0 unspecified atom stereocenters. The fourth-order valence-corrected chi connectivity index (χ4v) is 3.87. The zero-order chi connectivity index (χ0) is 19.7. The van der Waals surface area contributed by atoms with Gasteiger partial charge in [0.1, 0.15) is 5.75 Å². The van der Waals surface area contributed by atoms with E-state index in [-0.39, 0.29) is 5.91 Å². The molecule has 0 bridgehead atoms. The Morgan fingerprint density at radius 3 is 2.61 bits per heavy atom. The Labute approximate surface area is 166 Å². The number of aromatic nitrogens is 3. The van der Waals surface area contributed by atoms with E-state index in [1.165, 1.54) is 16.7 Å². The highest BCUT2D eigenvalue weighted by Crippen LogP contribution is 2.27. The number of aryl methyl sites for hydroxylation is 2. The van der Waals surface area contributed by atoms with Crippen molar-refractivity contribution in [2.45, 2.75) is 58.2 Å². The molecule has 28 heavy (non-hydrogen) atoms. The van der Waals surface area contributed by atoms with Crippen molar-refractivity contribution in [1.29, 1.82) is 0 Å². The number of nitrogens with one attached hydrogen (secondary N) is 1. The van der Waals surface area contributed by atoms with E-state index in [2.05, 4.69) is 46.5 Å². The van der Waals surface area contributed by atoms with Crippen molar-refractivity contribution in [2.24, 2.45) is 0 Å². The van der Waals surface area contributed by atoms with Crippen molar-refractivity contribution in [3.8, 4) is 5.75 Å². The van der Waals surface area contributed by atoms with Gasteiger partial charge < -0.3 is 10.1 Å². The molecule has 0 atom stereocenters. The van der Waals surface area contributed by atoms with Crippen LogP contribution in [-0.4, -0.2) is 52.0 Å². The molecule has 7 nitrogen and oxygen atoms in total. The maximum absolute atomic E-state index is 12.1. The van der Waals surface area contributed by atoms with Crippen LogP contribution in [0.1, 0.15) is 58.9 Å². The molecule has 1 aromatic carbocycles. The number of carbonyl (C=O) groups is 1. The molecule has 1 amide bonds. The van der Waals surface area contributed by atoms with Crippen LogP contribution in [0.3, 0.4) is 0 Å². The molecule has 2 aliphatic rings. The number of amides is 1. The zero-order valence-electron chi connectivity index (χ0n) is 16.9. The lowest BCUT2D eigenvalue weighted by atomic mass is 10.0. The van der Waals surface area contributed by atoms with Crippen LogP contribution in [0.2, 0.25) is 0 Å². The SMILES string of the molecule is COc1cc(C)c(CN2CCC(n3cc(C(=O)NC4CC4)nn3)CC2)cc1C.